The Bertz CT molecular complexity index is 170. The molecule has 1 amide bonds. The van der Waals surface area contributed by atoms with Crippen molar-refractivity contribution < 1.29 is 25.0 Å². The Labute approximate surface area is 61.4 Å². The highest BCUT2D eigenvalue weighted by molar-refractivity contribution is 5.87. The first-order valence-corrected chi connectivity index (χ1v) is 2.61. The highest BCUT2D eigenvalue weighted by Gasteiger charge is 2.27. The molecular weight excluding hydrogens is 156 g/mol. The van der Waals surface area contributed by atoms with E-state index in [0.29, 0.717) is 0 Å². The molecular formula is C4H8N2O5. The first kappa shape index (κ1) is 9.82. The Morgan fingerprint density at radius 1 is 1.45 bits per heavy atom. The Balaban J connectivity index is 4.12. The fourth-order valence-corrected chi connectivity index (χ4v) is 0.364. The SMILES string of the molecule is N[C@@H](C(=O)O)[C@@H](O)C(=O)NO. The summed E-state index contributed by atoms with van der Waals surface area (Å²) in [6.07, 6.45) is -1.95. The molecule has 0 aromatic rings. The van der Waals surface area contributed by atoms with Crippen LogP contribution in [0.3, 0.4) is 0 Å². The summed E-state index contributed by atoms with van der Waals surface area (Å²) in [6.45, 7) is 0. The van der Waals surface area contributed by atoms with E-state index < -0.39 is 24.0 Å². The lowest BCUT2D eigenvalue weighted by Gasteiger charge is -2.11. The number of hydrogen-bond acceptors (Lipinski definition) is 5. The van der Waals surface area contributed by atoms with Gasteiger partial charge in [0.25, 0.3) is 5.91 Å². The molecule has 0 bridgehead atoms. The van der Waals surface area contributed by atoms with Crippen molar-refractivity contribution in [1.29, 1.82) is 0 Å². The number of carbonyl (C=O) groups is 2. The van der Waals surface area contributed by atoms with Gasteiger partial charge < -0.3 is 15.9 Å². The topological polar surface area (TPSA) is 133 Å². The molecule has 0 fully saturated rings. The molecule has 0 aromatic heterocycles. The Kier molecular flexibility index (Phi) is 3.45. The molecule has 6 N–H and O–H groups in total. The van der Waals surface area contributed by atoms with E-state index in [9.17, 15) is 9.59 Å². The van der Waals surface area contributed by atoms with Crippen molar-refractivity contribution in [2.45, 2.75) is 12.1 Å². The second-order valence-corrected chi connectivity index (χ2v) is 1.78. The van der Waals surface area contributed by atoms with Gasteiger partial charge in [-0.3, -0.25) is 14.8 Å². The maximum atomic E-state index is 10.3. The van der Waals surface area contributed by atoms with Crippen molar-refractivity contribution in [3.63, 3.8) is 0 Å². The van der Waals surface area contributed by atoms with E-state index in [1.807, 2.05) is 0 Å². The van der Waals surface area contributed by atoms with Crippen LogP contribution in [0, 0.1) is 0 Å². The summed E-state index contributed by atoms with van der Waals surface area (Å²) in [4.78, 5) is 20.3. The summed E-state index contributed by atoms with van der Waals surface area (Å²) >= 11 is 0. The van der Waals surface area contributed by atoms with Crippen molar-refractivity contribution in [1.82, 2.24) is 5.48 Å². The molecule has 0 saturated heterocycles. The van der Waals surface area contributed by atoms with E-state index in [0.717, 1.165) is 5.48 Å². The predicted molar refractivity (Wildman–Crippen MR) is 31.5 cm³/mol. The van der Waals surface area contributed by atoms with Crippen LogP contribution in [-0.4, -0.2) is 39.4 Å². The van der Waals surface area contributed by atoms with Gasteiger partial charge in [0.05, 0.1) is 0 Å². The molecule has 0 unspecified atom stereocenters. The van der Waals surface area contributed by atoms with Gasteiger partial charge in [0, 0.05) is 0 Å². The molecule has 0 aliphatic rings. The number of nitrogens with two attached hydrogens (primary N) is 1. The van der Waals surface area contributed by atoms with Gasteiger partial charge in [0.2, 0.25) is 0 Å². The molecule has 0 radical (unpaired) electrons. The minimum Gasteiger partial charge on any atom is -0.480 e. The standard InChI is InChI=1S/C4H8N2O5/c5-1(4(9)10)2(7)3(8)6-11/h1-2,7,11H,5H2,(H,6,8)(H,9,10)/t1-,2-/m1/s1. The second kappa shape index (κ2) is 3.86. The Morgan fingerprint density at radius 3 is 2.18 bits per heavy atom. The molecule has 0 heterocycles. The fraction of sp³-hybridized carbons (Fsp3) is 0.500. The predicted octanol–water partition coefficient (Wildman–Crippen LogP) is -2.74. The van der Waals surface area contributed by atoms with Crippen LogP contribution in [0.2, 0.25) is 0 Å². The largest absolute Gasteiger partial charge is 0.480 e. The molecule has 64 valence electrons. The summed E-state index contributed by atoms with van der Waals surface area (Å²) in [5.41, 5.74) is 5.88. The third-order valence-corrected chi connectivity index (χ3v) is 1.00. The normalized spacial score (nSPS) is 15.2. The Hall–Kier alpha value is -1.18. The minimum atomic E-state index is -1.95. The summed E-state index contributed by atoms with van der Waals surface area (Å²) in [6, 6.07) is -1.73. The Morgan fingerprint density at radius 2 is 1.91 bits per heavy atom. The molecule has 7 nitrogen and oxygen atoms in total. The number of aliphatic hydroxyl groups is 1. The maximum Gasteiger partial charge on any atom is 0.323 e. The number of hydroxylamine groups is 1. The molecule has 11 heavy (non-hydrogen) atoms. The van der Waals surface area contributed by atoms with Crippen LogP contribution in [0.4, 0.5) is 0 Å². The van der Waals surface area contributed by atoms with Crippen molar-refractivity contribution in [2.75, 3.05) is 0 Å². The zero-order valence-corrected chi connectivity index (χ0v) is 5.39. The van der Waals surface area contributed by atoms with Crippen LogP contribution < -0.4 is 11.2 Å². The molecule has 0 saturated carbocycles. The quantitative estimate of drug-likeness (QED) is 0.227. The van der Waals surface area contributed by atoms with Crippen molar-refractivity contribution in [2.24, 2.45) is 5.73 Å². The highest BCUT2D eigenvalue weighted by atomic mass is 16.5. The van der Waals surface area contributed by atoms with Crippen LogP contribution in [-0.2, 0) is 9.59 Å². The number of hydrogen-bond donors (Lipinski definition) is 5. The van der Waals surface area contributed by atoms with Gasteiger partial charge in [-0.15, -0.1) is 0 Å². The van der Waals surface area contributed by atoms with Crippen molar-refractivity contribution >= 4 is 11.9 Å². The number of aliphatic hydroxyl groups excluding tert-OH is 1. The number of carboxylic acids is 1. The van der Waals surface area contributed by atoms with Gasteiger partial charge in [0.1, 0.15) is 6.04 Å². The molecule has 0 spiro atoms. The zero-order chi connectivity index (χ0) is 9.02. The van der Waals surface area contributed by atoms with Crippen molar-refractivity contribution in [3.05, 3.63) is 0 Å². The number of nitrogens with one attached hydrogen (secondary N) is 1. The van der Waals surface area contributed by atoms with E-state index in [-0.39, 0.29) is 0 Å². The average Bonchev–Trinajstić information content (AvgIpc) is 2.00. The van der Waals surface area contributed by atoms with Crippen molar-refractivity contribution in [3.8, 4) is 0 Å². The van der Waals surface area contributed by atoms with Crippen LogP contribution >= 0.6 is 0 Å². The summed E-state index contributed by atoms with van der Waals surface area (Å²) < 4.78 is 0. The van der Waals surface area contributed by atoms with Crippen LogP contribution in [0.1, 0.15) is 0 Å². The average molecular weight is 164 g/mol. The van der Waals surface area contributed by atoms with E-state index in [1.165, 1.54) is 0 Å². The van der Waals surface area contributed by atoms with Gasteiger partial charge in [-0.2, -0.15) is 0 Å². The van der Waals surface area contributed by atoms with E-state index in [4.69, 9.17) is 21.2 Å². The third-order valence-electron chi connectivity index (χ3n) is 1.00. The minimum absolute atomic E-state index is 1.07. The first-order valence-electron chi connectivity index (χ1n) is 2.61. The van der Waals surface area contributed by atoms with Crippen LogP contribution in [0.15, 0.2) is 0 Å². The lowest BCUT2D eigenvalue weighted by molar-refractivity contribution is -0.149. The summed E-state index contributed by atoms with van der Waals surface area (Å²) in [5, 5.41) is 24.8. The van der Waals surface area contributed by atoms with Gasteiger partial charge in [0.15, 0.2) is 6.10 Å². The highest BCUT2D eigenvalue weighted by Crippen LogP contribution is 1.89. The monoisotopic (exact) mass is 164 g/mol. The molecule has 0 aliphatic heterocycles. The number of carbonyl (C=O) groups excluding carboxylic acids is 1. The summed E-state index contributed by atoms with van der Waals surface area (Å²) in [7, 11) is 0. The van der Waals surface area contributed by atoms with Crippen LogP contribution in [0.5, 0.6) is 0 Å². The second-order valence-electron chi connectivity index (χ2n) is 1.78. The molecule has 0 aliphatic carbocycles. The maximum absolute atomic E-state index is 10.3. The molecule has 2 atom stereocenters. The van der Waals surface area contributed by atoms with E-state index >= 15 is 0 Å². The van der Waals surface area contributed by atoms with Gasteiger partial charge in [-0.1, -0.05) is 0 Å². The lowest BCUT2D eigenvalue weighted by Crippen LogP contribution is -2.49. The van der Waals surface area contributed by atoms with E-state index in [2.05, 4.69) is 0 Å². The van der Waals surface area contributed by atoms with Gasteiger partial charge in [-0.25, -0.2) is 5.48 Å². The third kappa shape index (κ3) is 2.50. The van der Waals surface area contributed by atoms with Gasteiger partial charge in [-0.05, 0) is 0 Å². The summed E-state index contributed by atoms with van der Waals surface area (Å²) in [5.74, 6) is -2.78. The molecule has 7 heteroatoms. The number of rotatable bonds is 3. The smallest absolute Gasteiger partial charge is 0.323 e. The molecule has 0 aromatic carbocycles. The fourth-order valence-electron chi connectivity index (χ4n) is 0.364. The zero-order valence-electron chi connectivity index (χ0n) is 5.39. The molecule has 0 rings (SSSR count). The number of carboxylic acid groups (broad SMARTS) is 1. The number of aliphatic carboxylic acids is 1. The van der Waals surface area contributed by atoms with E-state index in [1.54, 1.807) is 0 Å². The number of amides is 1. The lowest BCUT2D eigenvalue weighted by atomic mass is 10.2. The van der Waals surface area contributed by atoms with Crippen LogP contribution in [0.25, 0.3) is 0 Å². The van der Waals surface area contributed by atoms with Gasteiger partial charge >= 0.3 is 5.97 Å². The first-order chi connectivity index (χ1) is 5.00.